The van der Waals surface area contributed by atoms with Crippen molar-refractivity contribution in [3.05, 3.63) is 82.6 Å². The van der Waals surface area contributed by atoms with Gasteiger partial charge in [-0.2, -0.15) is 0 Å². The van der Waals surface area contributed by atoms with Crippen LogP contribution in [-0.4, -0.2) is 4.98 Å². The van der Waals surface area contributed by atoms with Gasteiger partial charge in [0.05, 0.1) is 14.7 Å². The topological polar surface area (TPSA) is 24.9 Å². The molecule has 1 N–H and O–H groups in total. The van der Waals surface area contributed by atoms with Gasteiger partial charge in [0.2, 0.25) is 0 Å². The fraction of sp³-hybridized carbons (Fsp3) is 0.0500. The number of fused-ring (bicyclic) bond motifs is 1. The van der Waals surface area contributed by atoms with E-state index < -0.39 is 0 Å². The molecule has 4 aromatic rings. The number of nitrogens with zero attached hydrogens (tertiary/aromatic N) is 1. The zero-order valence-electron chi connectivity index (χ0n) is 13.2. The summed E-state index contributed by atoms with van der Waals surface area (Å²) >= 11 is 4.91. The van der Waals surface area contributed by atoms with Crippen LogP contribution in [-0.2, 0) is 6.54 Å². The molecule has 25 heavy (non-hydrogen) atoms. The second-order valence-electron chi connectivity index (χ2n) is 5.67. The Morgan fingerprint density at radius 3 is 2.72 bits per heavy atom. The maximum Gasteiger partial charge on any atom is 0.137 e. The molecule has 0 atom stereocenters. The fourth-order valence-corrected chi connectivity index (χ4v) is 4.00. The number of para-hydroxylation sites is 1. The average molecular weight is 413 g/mol. The Labute approximate surface area is 157 Å². The first-order valence-corrected chi connectivity index (χ1v) is 9.44. The van der Waals surface area contributed by atoms with Crippen molar-refractivity contribution in [2.75, 3.05) is 5.32 Å². The molecule has 4 rings (SSSR count). The molecule has 3 aromatic carbocycles. The molecule has 0 spiro atoms. The molecule has 0 unspecified atom stereocenters. The molecule has 1 aromatic heterocycles. The molecule has 0 fully saturated rings. The Morgan fingerprint density at radius 2 is 1.88 bits per heavy atom. The van der Waals surface area contributed by atoms with E-state index in [9.17, 15) is 4.39 Å². The number of aromatic nitrogens is 1. The summed E-state index contributed by atoms with van der Waals surface area (Å²) in [6.07, 6.45) is 0. The van der Waals surface area contributed by atoms with Crippen molar-refractivity contribution in [1.29, 1.82) is 0 Å². The van der Waals surface area contributed by atoms with Crippen LogP contribution in [0.15, 0.2) is 71.2 Å². The highest BCUT2D eigenvalue weighted by atomic mass is 79.9. The minimum atomic E-state index is -0.249. The van der Waals surface area contributed by atoms with E-state index in [2.05, 4.69) is 39.4 Å². The lowest BCUT2D eigenvalue weighted by molar-refractivity contribution is 0.620. The van der Waals surface area contributed by atoms with E-state index in [1.165, 1.54) is 10.8 Å². The van der Waals surface area contributed by atoms with E-state index in [1.54, 1.807) is 23.5 Å². The van der Waals surface area contributed by atoms with E-state index in [4.69, 9.17) is 4.98 Å². The summed E-state index contributed by atoms with van der Waals surface area (Å²) in [7, 11) is 0. The van der Waals surface area contributed by atoms with Crippen molar-refractivity contribution in [2.45, 2.75) is 6.54 Å². The zero-order chi connectivity index (χ0) is 17.2. The van der Waals surface area contributed by atoms with Gasteiger partial charge in [-0.25, -0.2) is 9.37 Å². The lowest BCUT2D eigenvalue weighted by atomic mass is 10.2. The van der Waals surface area contributed by atoms with Crippen LogP contribution in [0.25, 0.3) is 20.8 Å². The average Bonchev–Trinajstić information content (AvgIpc) is 3.07. The molecule has 0 aliphatic heterocycles. The third-order valence-corrected chi connectivity index (χ3v) is 5.58. The quantitative estimate of drug-likeness (QED) is 0.414. The molecule has 0 aliphatic carbocycles. The van der Waals surface area contributed by atoms with Crippen molar-refractivity contribution >= 4 is 43.2 Å². The Hall–Kier alpha value is -2.24. The van der Waals surface area contributed by atoms with Crippen LogP contribution in [0, 0.1) is 5.82 Å². The number of halogens is 2. The molecule has 1 heterocycles. The molecule has 124 valence electrons. The smallest absolute Gasteiger partial charge is 0.137 e. The second kappa shape index (κ2) is 6.94. The molecule has 0 bridgehead atoms. The number of rotatable bonds is 4. The van der Waals surface area contributed by atoms with E-state index in [0.717, 1.165) is 27.3 Å². The fourth-order valence-electron chi connectivity index (χ4n) is 2.61. The molecule has 0 amide bonds. The number of benzene rings is 3. The van der Waals surface area contributed by atoms with Crippen molar-refractivity contribution in [3.8, 4) is 10.6 Å². The number of thiazole rings is 1. The van der Waals surface area contributed by atoms with Gasteiger partial charge < -0.3 is 5.32 Å². The van der Waals surface area contributed by atoms with Crippen molar-refractivity contribution < 1.29 is 4.39 Å². The second-order valence-corrected chi connectivity index (χ2v) is 7.55. The van der Waals surface area contributed by atoms with Gasteiger partial charge >= 0.3 is 0 Å². The van der Waals surface area contributed by atoms with Gasteiger partial charge in [-0.3, -0.25) is 0 Å². The predicted octanol–water partition coefficient (Wildman–Crippen LogP) is 6.48. The summed E-state index contributed by atoms with van der Waals surface area (Å²) in [5, 5.41) is 4.39. The highest BCUT2D eigenvalue weighted by molar-refractivity contribution is 9.10. The lowest BCUT2D eigenvalue weighted by Gasteiger charge is -2.08. The molecule has 0 aliphatic rings. The number of hydrogen-bond donors (Lipinski definition) is 1. The van der Waals surface area contributed by atoms with Crippen LogP contribution in [0.4, 0.5) is 10.1 Å². The van der Waals surface area contributed by atoms with Crippen LogP contribution in [0.3, 0.4) is 0 Å². The van der Waals surface area contributed by atoms with Crippen molar-refractivity contribution in [3.63, 3.8) is 0 Å². The van der Waals surface area contributed by atoms with Crippen LogP contribution in [0.2, 0.25) is 0 Å². The summed E-state index contributed by atoms with van der Waals surface area (Å²) < 4.78 is 15.0. The van der Waals surface area contributed by atoms with Crippen LogP contribution in [0.1, 0.15) is 5.56 Å². The van der Waals surface area contributed by atoms with E-state index in [-0.39, 0.29) is 5.82 Å². The Balaban J connectivity index is 1.55. The maximum atomic E-state index is 13.3. The summed E-state index contributed by atoms with van der Waals surface area (Å²) in [5.74, 6) is -0.249. The normalized spacial score (nSPS) is 11.0. The van der Waals surface area contributed by atoms with Gasteiger partial charge in [0.1, 0.15) is 10.8 Å². The summed E-state index contributed by atoms with van der Waals surface area (Å²) in [6.45, 7) is 0.627. The van der Waals surface area contributed by atoms with E-state index in [0.29, 0.717) is 11.0 Å². The number of nitrogens with one attached hydrogen (secondary N) is 1. The Bertz CT molecular complexity index is 1010. The molecule has 2 nitrogen and oxygen atoms in total. The third-order valence-electron chi connectivity index (χ3n) is 3.88. The van der Waals surface area contributed by atoms with Crippen molar-refractivity contribution in [1.82, 2.24) is 4.98 Å². The monoisotopic (exact) mass is 412 g/mol. The minimum Gasteiger partial charge on any atom is -0.381 e. The standard InChI is InChI=1S/C20H14BrFN2S/c21-16-10-13(8-9-17(16)22)12-23-15-5-3-4-14(11-15)20-24-18-6-1-2-7-19(18)25-20/h1-11,23H,12H2. The minimum absolute atomic E-state index is 0.249. The third kappa shape index (κ3) is 3.57. The van der Waals surface area contributed by atoms with Crippen LogP contribution < -0.4 is 5.32 Å². The zero-order valence-corrected chi connectivity index (χ0v) is 15.6. The van der Waals surface area contributed by atoms with Gasteiger partial charge in [0.25, 0.3) is 0 Å². The molecule has 0 saturated carbocycles. The molecular weight excluding hydrogens is 399 g/mol. The first-order chi connectivity index (χ1) is 12.2. The highest BCUT2D eigenvalue weighted by Gasteiger charge is 2.07. The summed E-state index contributed by atoms with van der Waals surface area (Å²) in [5.41, 5.74) is 4.14. The lowest BCUT2D eigenvalue weighted by Crippen LogP contribution is -1.99. The first kappa shape index (κ1) is 16.2. The van der Waals surface area contributed by atoms with Gasteiger partial charge in [-0.05, 0) is 57.9 Å². The summed E-state index contributed by atoms with van der Waals surface area (Å²) in [6, 6.07) is 21.4. The molecule has 0 saturated heterocycles. The SMILES string of the molecule is Fc1ccc(CNc2cccc(-c3nc4ccccc4s3)c2)cc1Br. The van der Waals surface area contributed by atoms with E-state index >= 15 is 0 Å². The highest BCUT2D eigenvalue weighted by Crippen LogP contribution is 2.31. The van der Waals surface area contributed by atoms with Gasteiger partial charge in [-0.1, -0.05) is 30.3 Å². The van der Waals surface area contributed by atoms with Gasteiger partial charge in [0.15, 0.2) is 0 Å². The predicted molar refractivity (Wildman–Crippen MR) is 106 cm³/mol. The molecule has 0 radical (unpaired) electrons. The maximum absolute atomic E-state index is 13.3. The summed E-state index contributed by atoms with van der Waals surface area (Å²) in [4.78, 5) is 4.71. The number of anilines is 1. The van der Waals surface area contributed by atoms with Crippen LogP contribution in [0.5, 0.6) is 0 Å². The van der Waals surface area contributed by atoms with Crippen molar-refractivity contribution in [2.24, 2.45) is 0 Å². The van der Waals surface area contributed by atoms with Crippen LogP contribution >= 0.6 is 27.3 Å². The van der Waals surface area contributed by atoms with E-state index in [1.807, 2.05) is 30.3 Å². The largest absolute Gasteiger partial charge is 0.381 e. The number of hydrogen-bond acceptors (Lipinski definition) is 3. The first-order valence-electron chi connectivity index (χ1n) is 7.83. The molecule has 5 heteroatoms. The Kier molecular flexibility index (Phi) is 4.51. The van der Waals surface area contributed by atoms with Gasteiger partial charge in [-0.15, -0.1) is 11.3 Å². The van der Waals surface area contributed by atoms with Gasteiger partial charge in [0, 0.05) is 17.8 Å². The molecular formula is C20H14BrFN2S. The Morgan fingerprint density at radius 1 is 1.00 bits per heavy atom.